The minimum atomic E-state index is -0.447. The van der Waals surface area contributed by atoms with Crippen molar-refractivity contribution in [3.8, 4) is 17.0 Å². The monoisotopic (exact) mass is 345 g/mol. The number of aromatic nitrogens is 1. The van der Waals surface area contributed by atoms with Crippen LogP contribution in [0.25, 0.3) is 22.2 Å². The molecule has 124 valence electrons. The maximum Gasteiger partial charge on any atom is 0.344 e. The summed E-state index contributed by atoms with van der Waals surface area (Å²) in [5, 5.41) is 2.24. The van der Waals surface area contributed by atoms with E-state index in [-0.39, 0.29) is 12.0 Å². The number of esters is 1. The summed E-state index contributed by atoms with van der Waals surface area (Å²) in [7, 11) is 0. The van der Waals surface area contributed by atoms with Gasteiger partial charge in [0.25, 0.3) is 0 Å². The summed E-state index contributed by atoms with van der Waals surface area (Å²) in [5.74, 6) is 0.0254. The molecule has 0 N–H and O–H groups in total. The summed E-state index contributed by atoms with van der Waals surface area (Å²) in [6.07, 6.45) is 1.39. The molecule has 3 aromatic rings. The SMILES string of the molecule is CCOC(=O)COc1cc2occ(-c3cscn3)c(=O)c2cc1C. The first kappa shape index (κ1) is 16.2. The molecule has 0 aliphatic carbocycles. The molecule has 6 nitrogen and oxygen atoms in total. The highest BCUT2D eigenvalue weighted by Gasteiger charge is 2.14. The number of thiazole rings is 1. The van der Waals surface area contributed by atoms with Crippen LogP contribution in [0.2, 0.25) is 0 Å². The minimum Gasteiger partial charge on any atom is -0.481 e. The lowest BCUT2D eigenvalue weighted by atomic mass is 10.1. The van der Waals surface area contributed by atoms with Crippen molar-refractivity contribution < 1.29 is 18.7 Å². The van der Waals surface area contributed by atoms with E-state index >= 15 is 0 Å². The van der Waals surface area contributed by atoms with Crippen LogP contribution in [0.5, 0.6) is 5.75 Å². The van der Waals surface area contributed by atoms with Crippen LogP contribution in [-0.4, -0.2) is 24.2 Å². The predicted octanol–water partition coefficient (Wildman–Crippen LogP) is 3.17. The molecule has 0 spiro atoms. The van der Waals surface area contributed by atoms with Crippen LogP contribution in [0.3, 0.4) is 0 Å². The molecule has 0 radical (unpaired) electrons. The number of rotatable bonds is 5. The van der Waals surface area contributed by atoms with Crippen LogP contribution < -0.4 is 10.2 Å². The van der Waals surface area contributed by atoms with Crippen molar-refractivity contribution in [3.63, 3.8) is 0 Å². The lowest BCUT2D eigenvalue weighted by molar-refractivity contribution is -0.145. The molecule has 0 aliphatic rings. The molecular weight excluding hydrogens is 330 g/mol. The molecule has 0 saturated carbocycles. The van der Waals surface area contributed by atoms with E-state index in [0.717, 1.165) is 5.56 Å². The highest BCUT2D eigenvalue weighted by atomic mass is 32.1. The molecular formula is C17H15NO5S. The van der Waals surface area contributed by atoms with Crippen molar-refractivity contribution in [3.05, 3.63) is 45.1 Å². The van der Waals surface area contributed by atoms with Gasteiger partial charge in [-0.25, -0.2) is 9.78 Å². The first-order valence-corrected chi connectivity index (χ1v) is 8.27. The lowest BCUT2D eigenvalue weighted by Gasteiger charge is -2.10. The third-order valence-electron chi connectivity index (χ3n) is 3.43. The number of hydrogen-bond donors (Lipinski definition) is 0. The van der Waals surface area contributed by atoms with Crippen molar-refractivity contribution in [1.29, 1.82) is 0 Å². The molecule has 1 aromatic carbocycles. The van der Waals surface area contributed by atoms with Gasteiger partial charge in [-0.05, 0) is 25.5 Å². The Kier molecular flexibility index (Phi) is 4.61. The van der Waals surface area contributed by atoms with Gasteiger partial charge in [0, 0.05) is 11.4 Å². The Morgan fingerprint density at radius 3 is 2.92 bits per heavy atom. The number of fused-ring (bicyclic) bond motifs is 1. The van der Waals surface area contributed by atoms with Gasteiger partial charge in [0.05, 0.1) is 28.8 Å². The van der Waals surface area contributed by atoms with Crippen LogP contribution in [0, 0.1) is 6.92 Å². The van der Waals surface area contributed by atoms with Gasteiger partial charge in [-0.2, -0.15) is 0 Å². The Morgan fingerprint density at radius 1 is 1.38 bits per heavy atom. The van der Waals surface area contributed by atoms with Crippen molar-refractivity contribution in [2.24, 2.45) is 0 Å². The zero-order valence-electron chi connectivity index (χ0n) is 13.2. The normalized spacial score (nSPS) is 10.8. The van der Waals surface area contributed by atoms with Gasteiger partial charge in [-0.3, -0.25) is 4.79 Å². The Hall–Kier alpha value is -2.67. The molecule has 0 bridgehead atoms. The zero-order chi connectivity index (χ0) is 17.1. The molecule has 0 amide bonds. The van der Waals surface area contributed by atoms with Crippen LogP contribution in [0.1, 0.15) is 12.5 Å². The third kappa shape index (κ3) is 3.16. The summed E-state index contributed by atoms with van der Waals surface area (Å²) in [5.41, 5.74) is 3.65. The van der Waals surface area contributed by atoms with E-state index in [4.69, 9.17) is 13.9 Å². The van der Waals surface area contributed by atoms with E-state index < -0.39 is 5.97 Å². The molecule has 7 heteroatoms. The minimum absolute atomic E-state index is 0.151. The van der Waals surface area contributed by atoms with Gasteiger partial charge in [0.2, 0.25) is 5.43 Å². The third-order valence-corrected chi connectivity index (χ3v) is 4.02. The molecule has 0 saturated heterocycles. The van der Waals surface area contributed by atoms with Crippen molar-refractivity contribution >= 4 is 28.3 Å². The summed E-state index contributed by atoms with van der Waals surface area (Å²) in [6, 6.07) is 3.30. The number of carbonyl (C=O) groups excluding carboxylic acids is 1. The van der Waals surface area contributed by atoms with Gasteiger partial charge in [-0.15, -0.1) is 11.3 Å². The van der Waals surface area contributed by atoms with Crippen molar-refractivity contribution in [2.75, 3.05) is 13.2 Å². The average Bonchev–Trinajstić information content (AvgIpc) is 3.08. The standard InChI is InChI=1S/C17H15NO5S/c1-3-21-16(19)7-23-14-5-15-11(4-10(14)2)17(20)12(6-22-15)13-8-24-9-18-13/h4-6,8-9H,3,7H2,1-2H3. The fraction of sp³-hybridized carbons (Fsp3) is 0.235. The molecule has 2 heterocycles. The number of hydrogen-bond acceptors (Lipinski definition) is 7. The highest BCUT2D eigenvalue weighted by Crippen LogP contribution is 2.26. The summed E-state index contributed by atoms with van der Waals surface area (Å²) < 4.78 is 15.8. The van der Waals surface area contributed by atoms with E-state index in [1.54, 1.807) is 36.9 Å². The molecule has 0 unspecified atom stereocenters. The first-order valence-electron chi connectivity index (χ1n) is 7.33. The van der Waals surface area contributed by atoms with Crippen LogP contribution >= 0.6 is 11.3 Å². The predicted molar refractivity (Wildman–Crippen MR) is 90.5 cm³/mol. The first-order chi connectivity index (χ1) is 11.6. The van der Waals surface area contributed by atoms with Gasteiger partial charge in [0.15, 0.2) is 6.61 Å². The molecule has 0 fully saturated rings. The summed E-state index contributed by atoms with van der Waals surface area (Å²) >= 11 is 1.41. The number of benzene rings is 1. The maximum absolute atomic E-state index is 12.6. The number of nitrogens with zero attached hydrogens (tertiary/aromatic N) is 1. The molecule has 0 aliphatic heterocycles. The second-order valence-electron chi connectivity index (χ2n) is 5.06. The van der Waals surface area contributed by atoms with E-state index in [9.17, 15) is 9.59 Å². The fourth-order valence-corrected chi connectivity index (χ4v) is 2.83. The molecule has 2 aromatic heterocycles. The lowest BCUT2D eigenvalue weighted by Crippen LogP contribution is -2.15. The van der Waals surface area contributed by atoms with Gasteiger partial charge in [-0.1, -0.05) is 0 Å². The Bertz CT molecular complexity index is 930. The second-order valence-corrected chi connectivity index (χ2v) is 5.78. The number of aryl methyl sites for hydroxylation is 1. The number of carbonyl (C=O) groups is 1. The van der Waals surface area contributed by atoms with Crippen LogP contribution in [-0.2, 0) is 9.53 Å². The average molecular weight is 345 g/mol. The molecule has 0 atom stereocenters. The van der Waals surface area contributed by atoms with E-state index in [0.29, 0.717) is 34.6 Å². The van der Waals surface area contributed by atoms with Crippen LogP contribution in [0.4, 0.5) is 0 Å². The maximum atomic E-state index is 12.6. The second kappa shape index (κ2) is 6.84. The van der Waals surface area contributed by atoms with Crippen molar-refractivity contribution in [1.82, 2.24) is 4.98 Å². The fourth-order valence-electron chi connectivity index (χ4n) is 2.28. The molecule has 3 rings (SSSR count). The van der Waals surface area contributed by atoms with Gasteiger partial charge < -0.3 is 13.9 Å². The Morgan fingerprint density at radius 2 is 2.21 bits per heavy atom. The highest BCUT2D eigenvalue weighted by molar-refractivity contribution is 7.07. The quantitative estimate of drug-likeness (QED) is 0.661. The van der Waals surface area contributed by atoms with E-state index in [2.05, 4.69) is 4.98 Å². The largest absolute Gasteiger partial charge is 0.481 e. The van der Waals surface area contributed by atoms with Gasteiger partial charge >= 0.3 is 5.97 Å². The summed E-state index contributed by atoms with van der Waals surface area (Å²) in [6.45, 7) is 3.64. The Labute approximate surface area is 141 Å². The van der Waals surface area contributed by atoms with E-state index in [1.807, 2.05) is 0 Å². The zero-order valence-corrected chi connectivity index (χ0v) is 14.0. The molecule has 24 heavy (non-hydrogen) atoms. The van der Waals surface area contributed by atoms with Crippen molar-refractivity contribution in [2.45, 2.75) is 13.8 Å². The topological polar surface area (TPSA) is 78.6 Å². The Balaban J connectivity index is 1.96. The van der Waals surface area contributed by atoms with Crippen LogP contribution in [0.15, 0.2) is 38.5 Å². The number of ether oxygens (including phenoxy) is 2. The van der Waals surface area contributed by atoms with Gasteiger partial charge in [0.1, 0.15) is 17.6 Å². The van der Waals surface area contributed by atoms with E-state index in [1.165, 1.54) is 17.6 Å². The summed E-state index contributed by atoms with van der Waals surface area (Å²) in [4.78, 5) is 28.2. The smallest absolute Gasteiger partial charge is 0.344 e.